The van der Waals surface area contributed by atoms with Crippen molar-refractivity contribution in [3.05, 3.63) is 23.8 Å². The van der Waals surface area contributed by atoms with Gasteiger partial charge in [0.05, 0.1) is 19.7 Å². The van der Waals surface area contributed by atoms with Gasteiger partial charge in [-0.2, -0.15) is 0 Å². The Morgan fingerprint density at radius 1 is 1.30 bits per heavy atom. The highest BCUT2D eigenvalue weighted by Crippen LogP contribution is 2.29. The fourth-order valence-corrected chi connectivity index (χ4v) is 3.66. The third-order valence-electron chi connectivity index (χ3n) is 5.23. The molecule has 1 unspecified atom stereocenters. The number of nitrogens with one attached hydrogen (secondary N) is 2. The van der Waals surface area contributed by atoms with Gasteiger partial charge in [0.2, 0.25) is 0 Å². The highest BCUT2D eigenvalue weighted by molar-refractivity contribution is 5.75. The van der Waals surface area contributed by atoms with Crippen LogP contribution in [0.4, 0.5) is 4.79 Å². The Kier molecular flexibility index (Phi) is 6.05. The summed E-state index contributed by atoms with van der Waals surface area (Å²) in [6.07, 6.45) is 2.26. The van der Waals surface area contributed by atoms with Gasteiger partial charge in [-0.25, -0.2) is 4.79 Å². The molecule has 1 aliphatic carbocycles. The van der Waals surface area contributed by atoms with Crippen LogP contribution in [0.3, 0.4) is 0 Å². The summed E-state index contributed by atoms with van der Waals surface area (Å²) in [7, 11) is 1.62. The zero-order valence-corrected chi connectivity index (χ0v) is 15.7. The zero-order chi connectivity index (χ0) is 19.4. The highest BCUT2D eigenvalue weighted by Gasteiger charge is 2.35. The minimum Gasteiger partial charge on any atom is -0.497 e. The number of carbonyl (C=O) groups excluding carboxylic acids is 1. The number of hydrogen-bond acceptors (Lipinski definition) is 5. The molecule has 1 aliphatic heterocycles. The van der Waals surface area contributed by atoms with Crippen molar-refractivity contribution < 1.29 is 24.2 Å². The number of aliphatic carboxylic acids is 1. The zero-order valence-electron chi connectivity index (χ0n) is 15.7. The Bertz CT molecular complexity index is 690. The van der Waals surface area contributed by atoms with Gasteiger partial charge < -0.3 is 25.2 Å². The van der Waals surface area contributed by atoms with Gasteiger partial charge in [0.15, 0.2) is 0 Å². The first-order chi connectivity index (χ1) is 13.0. The van der Waals surface area contributed by atoms with Crippen LogP contribution in [0.15, 0.2) is 18.2 Å². The molecule has 1 aromatic carbocycles. The van der Waals surface area contributed by atoms with Gasteiger partial charge in [0.1, 0.15) is 18.1 Å². The standard InChI is InChI=1S/C19H27N3O5/c1-3-22(10-18(23)24)15-7-13(8-15)20-19(25)21-14-6-12-4-5-16(26-2)9-17(12)27-11-14/h4-5,9,13-15H,3,6-8,10-11H2,1-2H3,(H,23,24)(H2,20,21,25). The molecule has 0 saturated heterocycles. The van der Waals surface area contributed by atoms with Crippen LogP contribution in [-0.2, 0) is 11.2 Å². The average molecular weight is 377 g/mol. The molecular formula is C19H27N3O5. The van der Waals surface area contributed by atoms with Crippen LogP contribution in [0.25, 0.3) is 0 Å². The second kappa shape index (κ2) is 8.47. The maximum Gasteiger partial charge on any atom is 0.317 e. The molecule has 8 nitrogen and oxygen atoms in total. The van der Waals surface area contributed by atoms with Crippen molar-refractivity contribution in [3.63, 3.8) is 0 Å². The number of amides is 2. The molecule has 2 aliphatic rings. The van der Waals surface area contributed by atoms with Gasteiger partial charge in [-0.1, -0.05) is 13.0 Å². The van der Waals surface area contributed by atoms with Gasteiger partial charge in [-0.3, -0.25) is 9.69 Å². The third kappa shape index (κ3) is 4.82. The van der Waals surface area contributed by atoms with Gasteiger partial charge in [0, 0.05) is 18.2 Å². The van der Waals surface area contributed by atoms with Crippen LogP contribution >= 0.6 is 0 Å². The average Bonchev–Trinajstić information content (AvgIpc) is 2.62. The summed E-state index contributed by atoms with van der Waals surface area (Å²) < 4.78 is 10.9. The van der Waals surface area contributed by atoms with E-state index in [0.717, 1.165) is 29.9 Å². The molecule has 1 heterocycles. The Morgan fingerprint density at radius 2 is 2.04 bits per heavy atom. The molecule has 148 valence electrons. The topological polar surface area (TPSA) is 100 Å². The van der Waals surface area contributed by atoms with Crippen LogP contribution in [-0.4, -0.2) is 66.9 Å². The van der Waals surface area contributed by atoms with Gasteiger partial charge in [-0.05, 0) is 37.4 Å². The van der Waals surface area contributed by atoms with E-state index in [0.29, 0.717) is 19.6 Å². The van der Waals surface area contributed by atoms with E-state index in [2.05, 4.69) is 10.6 Å². The van der Waals surface area contributed by atoms with Gasteiger partial charge in [0.25, 0.3) is 0 Å². The lowest BCUT2D eigenvalue weighted by molar-refractivity contribution is -0.139. The number of urea groups is 1. The molecule has 0 aromatic heterocycles. The van der Waals surface area contributed by atoms with E-state index in [1.807, 2.05) is 30.0 Å². The summed E-state index contributed by atoms with van der Waals surface area (Å²) in [5.74, 6) is 0.732. The summed E-state index contributed by atoms with van der Waals surface area (Å²) in [4.78, 5) is 25.1. The second-order valence-electron chi connectivity index (χ2n) is 7.08. The molecule has 1 saturated carbocycles. The number of nitrogens with zero attached hydrogens (tertiary/aromatic N) is 1. The van der Waals surface area contributed by atoms with Crippen molar-refractivity contribution in [2.24, 2.45) is 0 Å². The molecule has 1 atom stereocenters. The van der Waals surface area contributed by atoms with E-state index in [1.54, 1.807) is 7.11 Å². The van der Waals surface area contributed by atoms with E-state index in [9.17, 15) is 9.59 Å². The number of rotatable bonds is 7. The first-order valence-corrected chi connectivity index (χ1v) is 9.31. The molecule has 8 heteroatoms. The number of fused-ring (bicyclic) bond motifs is 1. The van der Waals surface area contributed by atoms with Crippen LogP contribution < -0.4 is 20.1 Å². The van der Waals surface area contributed by atoms with E-state index in [-0.39, 0.29) is 30.7 Å². The number of carbonyl (C=O) groups is 2. The van der Waals surface area contributed by atoms with Crippen LogP contribution in [0.5, 0.6) is 11.5 Å². The largest absolute Gasteiger partial charge is 0.497 e. The highest BCUT2D eigenvalue weighted by atomic mass is 16.5. The predicted molar refractivity (Wildman–Crippen MR) is 99.3 cm³/mol. The third-order valence-corrected chi connectivity index (χ3v) is 5.23. The number of likely N-dealkylation sites (N-methyl/N-ethyl adjacent to an activating group) is 1. The minimum absolute atomic E-state index is 0.0453. The second-order valence-corrected chi connectivity index (χ2v) is 7.08. The number of ether oxygens (including phenoxy) is 2. The minimum atomic E-state index is -0.818. The van der Waals surface area contributed by atoms with Gasteiger partial charge in [-0.15, -0.1) is 0 Å². The molecule has 0 bridgehead atoms. The van der Waals surface area contributed by atoms with Crippen molar-refractivity contribution in [2.75, 3.05) is 26.8 Å². The van der Waals surface area contributed by atoms with Crippen molar-refractivity contribution in [3.8, 4) is 11.5 Å². The van der Waals surface area contributed by atoms with Gasteiger partial charge >= 0.3 is 12.0 Å². The van der Waals surface area contributed by atoms with Crippen molar-refractivity contribution >= 4 is 12.0 Å². The lowest BCUT2D eigenvalue weighted by Crippen LogP contribution is -2.57. The molecule has 3 N–H and O–H groups in total. The SMILES string of the molecule is CCN(CC(=O)O)C1CC(NC(=O)NC2COc3cc(OC)ccc3C2)C1. The molecule has 3 rings (SSSR count). The maximum atomic E-state index is 12.2. The first-order valence-electron chi connectivity index (χ1n) is 9.31. The smallest absolute Gasteiger partial charge is 0.317 e. The monoisotopic (exact) mass is 377 g/mol. The first kappa shape index (κ1) is 19.3. The Balaban J connectivity index is 1.42. The summed E-state index contributed by atoms with van der Waals surface area (Å²) in [6, 6.07) is 5.71. The molecule has 1 aromatic rings. The summed E-state index contributed by atoms with van der Waals surface area (Å²) in [6.45, 7) is 3.11. The fourth-order valence-electron chi connectivity index (χ4n) is 3.66. The molecule has 27 heavy (non-hydrogen) atoms. The number of benzene rings is 1. The van der Waals surface area contributed by atoms with Crippen molar-refractivity contribution in [1.82, 2.24) is 15.5 Å². The lowest BCUT2D eigenvalue weighted by Gasteiger charge is -2.42. The van der Waals surface area contributed by atoms with Crippen LogP contribution in [0, 0.1) is 0 Å². The number of carboxylic acids is 1. The summed E-state index contributed by atoms with van der Waals surface area (Å²) in [5.41, 5.74) is 1.04. The predicted octanol–water partition coefficient (Wildman–Crippen LogP) is 1.24. The van der Waals surface area contributed by atoms with E-state index >= 15 is 0 Å². The summed E-state index contributed by atoms with van der Waals surface area (Å²) >= 11 is 0. The van der Waals surface area contributed by atoms with Crippen molar-refractivity contribution in [2.45, 2.75) is 44.3 Å². The number of carboxylic acid groups (broad SMARTS) is 1. The molecule has 0 spiro atoms. The van der Waals surface area contributed by atoms with E-state index in [1.165, 1.54) is 0 Å². The van der Waals surface area contributed by atoms with Crippen LogP contribution in [0.2, 0.25) is 0 Å². The van der Waals surface area contributed by atoms with E-state index in [4.69, 9.17) is 14.6 Å². The van der Waals surface area contributed by atoms with E-state index < -0.39 is 5.97 Å². The Labute approximate surface area is 158 Å². The van der Waals surface area contributed by atoms with Crippen molar-refractivity contribution in [1.29, 1.82) is 0 Å². The normalized spacial score (nSPS) is 23.6. The maximum absolute atomic E-state index is 12.2. The molecule has 2 amide bonds. The molecular weight excluding hydrogens is 350 g/mol. The fraction of sp³-hybridized carbons (Fsp3) is 0.579. The molecule has 1 fully saturated rings. The van der Waals surface area contributed by atoms with Crippen LogP contribution in [0.1, 0.15) is 25.3 Å². The molecule has 0 radical (unpaired) electrons. The number of methoxy groups -OCH3 is 1. The lowest BCUT2D eigenvalue weighted by atomic mass is 9.85. The quantitative estimate of drug-likeness (QED) is 0.661. The Morgan fingerprint density at radius 3 is 2.70 bits per heavy atom. The Hall–Kier alpha value is -2.48. The summed E-state index contributed by atoms with van der Waals surface area (Å²) in [5, 5.41) is 14.9. The number of hydrogen-bond donors (Lipinski definition) is 3.